The summed E-state index contributed by atoms with van der Waals surface area (Å²) in [5, 5.41) is 5.00. The lowest BCUT2D eigenvalue weighted by molar-refractivity contribution is 0.234. The van der Waals surface area contributed by atoms with Crippen LogP contribution in [0.2, 0.25) is 5.02 Å². The van der Waals surface area contributed by atoms with Crippen LogP contribution in [0.25, 0.3) is 0 Å². The molecule has 1 atom stereocenters. The molecule has 23 heavy (non-hydrogen) atoms. The van der Waals surface area contributed by atoms with Crippen molar-refractivity contribution in [2.75, 3.05) is 6.54 Å². The average Bonchev–Trinajstić information content (AvgIpc) is 3.11. The van der Waals surface area contributed by atoms with Gasteiger partial charge in [-0.3, -0.25) is 4.90 Å². The third kappa shape index (κ3) is 4.33. The Balaban J connectivity index is 1.63. The summed E-state index contributed by atoms with van der Waals surface area (Å²) in [6, 6.07) is 8.62. The summed E-state index contributed by atoms with van der Waals surface area (Å²) in [7, 11) is 0. The summed E-state index contributed by atoms with van der Waals surface area (Å²) < 4.78 is 5.35. The maximum absolute atomic E-state index is 6.30. The molecule has 1 aromatic heterocycles. The second-order valence-corrected chi connectivity index (χ2v) is 7.17. The maximum atomic E-state index is 6.30. The van der Waals surface area contributed by atoms with Crippen LogP contribution < -0.4 is 0 Å². The van der Waals surface area contributed by atoms with E-state index in [1.807, 2.05) is 12.1 Å². The quantitative estimate of drug-likeness (QED) is 0.797. The van der Waals surface area contributed by atoms with Gasteiger partial charge in [-0.1, -0.05) is 48.8 Å². The molecule has 3 rings (SSSR count). The molecule has 0 N–H and O–H groups in total. The van der Waals surface area contributed by atoms with Gasteiger partial charge < -0.3 is 4.52 Å². The first-order valence-electron chi connectivity index (χ1n) is 8.40. The molecule has 1 saturated heterocycles. The molecule has 1 fully saturated rings. The zero-order valence-electron chi connectivity index (χ0n) is 13.8. The molecule has 0 saturated carbocycles. The molecular weight excluding hydrogens is 310 g/mol. The number of benzene rings is 1. The summed E-state index contributed by atoms with van der Waals surface area (Å²) in [5.41, 5.74) is 1.22. The molecule has 2 heterocycles. The van der Waals surface area contributed by atoms with Gasteiger partial charge in [0, 0.05) is 17.5 Å². The number of aromatic nitrogens is 2. The smallest absolute Gasteiger partial charge is 0.226 e. The second-order valence-electron chi connectivity index (χ2n) is 6.76. The first-order chi connectivity index (χ1) is 11.1. The van der Waals surface area contributed by atoms with Crippen LogP contribution in [0.5, 0.6) is 0 Å². The fraction of sp³-hybridized carbons (Fsp3) is 0.556. The molecule has 4 nitrogen and oxygen atoms in total. The van der Waals surface area contributed by atoms with Gasteiger partial charge in [0.05, 0.1) is 6.54 Å². The van der Waals surface area contributed by atoms with Gasteiger partial charge in [0.1, 0.15) is 0 Å². The van der Waals surface area contributed by atoms with Crippen molar-refractivity contribution >= 4 is 11.6 Å². The fourth-order valence-electron chi connectivity index (χ4n) is 3.22. The zero-order valence-corrected chi connectivity index (χ0v) is 14.6. The molecule has 124 valence electrons. The highest BCUT2D eigenvalue weighted by atomic mass is 35.5. The normalized spacial score (nSPS) is 18.9. The van der Waals surface area contributed by atoms with E-state index in [2.05, 4.69) is 41.0 Å². The van der Waals surface area contributed by atoms with Gasteiger partial charge in [-0.2, -0.15) is 4.98 Å². The van der Waals surface area contributed by atoms with Crippen LogP contribution in [0.3, 0.4) is 0 Å². The van der Waals surface area contributed by atoms with Crippen LogP contribution in [-0.4, -0.2) is 27.6 Å². The molecule has 1 aromatic carbocycles. The Bertz CT molecular complexity index is 641. The minimum Gasteiger partial charge on any atom is -0.339 e. The molecule has 0 aliphatic carbocycles. The molecule has 5 heteroatoms. The van der Waals surface area contributed by atoms with E-state index in [9.17, 15) is 0 Å². The molecule has 0 spiro atoms. The van der Waals surface area contributed by atoms with Crippen molar-refractivity contribution in [3.8, 4) is 0 Å². The third-order valence-corrected chi connectivity index (χ3v) is 4.72. The molecule has 1 unspecified atom stereocenters. The van der Waals surface area contributed by atoms with E-state index in [4.69, 9.17) is 16.1 Å². The SMILES string of the molecule is CC(C)Cc1nc(CN2CCCC2Cc2ccccc2Cl)no1. The van der Waals surface area contributed by atoms with Gasteiger partial charge >= 0.3 is 0 Å². The van der Waals surface area contributed by atoms with E-state index in [0.717, 1.165) is 42.7 Å². The zero-order chi connectivity index (χ0) is 16.2. The van der Waals surface area contributed by atoms with Gasteiger partial charge in [0.25, 0.3) is 0 Å². The molecule has 0 bridgehead atoms. The Hall–Kier alpha value is -1.39. The van der Waals surface area contributed by atoms with Crippen LogP contribution in [0.15, 0.2) is 28.8 Å². The molecule has 2 aromatic rings. The van der Waals surface area contributed by atoms with Crippen molar-refractivity contribution in [3.63, 3.8) is 0 Å². The molecule has 0 radical (unpaired) electrons. The van der Waals surface area contributed by atoms with Crippen molar-refractivity contribution < 1.29 is 4.52 Å². The van der Waals surface area contributed by atoms with Crippen LogP contribution >= 0.6 is 11.6 Å². The summed E-state index contributed by atoms with van der Waals surface area (Å²) in [6.45, 7) is 6.16. The van der Waals surface area contributed by atoms with Gasteiger partial charge in [0.15, 0.2) is 5.82 Å². The summed E-state index contributed by atoms with van der Waals surface area (Å²) >= 11 is 6.30. The lowest BCUT2D eigenvalue weighted by atomic mass is 10.0. The largest absolute Gasteiger partial charge is 0.339 e. The Labute approximate surface area is 142 Å². The van der Waals surface area contributed by atoms with E-state index in [1.54, 1.807) is 0 Å². The van der Waals surface area contributed by atoms with Crippen LogP contribution in [-0.2, 0) is 19.4 Å². The van der Waals surface area contributed by atoms with Crippen LogP contribution in [0.1, 0.15) is 44.0 Å². The first-order valence-corrected chi connectivity index (χ1v) is 8.78. The maximum Gasteiger partial charge on any atom is 0.226 e. The highest BCUT2D eigenvalue weighted by Gasteiger charge is 2.26. The monoisotopic (exact) mass is 333 g/mol. The highest BCUT2D eigenvalue weighted by Crippen LogP contribution is 2.25. The lowest BCUT2D eigenvalue weighted by Crippen LogP contribution is -2.31. The minimum absolute atomic E-state index is 0.502. The predicted molar refractivity (Wildman–Crippen MR) is 91.4 cm³/mol. The van der Waals surface area contributed by atoms with Crippen molar-refractivity contribution in [2.45, 2.75) is 52.1 Å². The number of likely N-dealkylation sites (tertiary alicyclic amines) is 1. The highest BCUT2D eigenvalue weighted by molar-refractivity contribution is 6.31. The molecule has 0 amide bonds. The average molecular weight is 334 g/mol. The van der Waals surface area contributed by atoms with Gasteiger partial charge in [-0.25, -0.2) is 0 Å². The van der Waals surface area contributed by atoms with Gasteiger partial charge in [-0.05, 0) is 43.4 Å². The Morgan fingerprint density at radius 2 is 2.17 bits per heavy atom. The Morgan fingerprint density at radius 3 is 2.96 bits per heavy atom. The predicted octanol–water partition coefficient (Wildman–Crippen LogP) is 4.13. The first kappa shape index (κ1) is 16.5. The van der Waals surface area contributed by atoms with E-state index in [-0.39, 0.29) is 0 Å². The van der Waals surface area contributed by atoms with Gasteiger partial charge in [-0.15, -0.1) is 0 Å². The van der Waals surface area contributed by atoms with Gasteiger partial charge in [0.2, 0.25) is 5.89 Å². The van der Waals surface area contributed by atoms with E-state index in [0.29, 0.717) is 12.0 Å². The number of halogens is 1. The van der Waals surface area contributed by atoms with Crippen molar-refractivity contribution in [3.05, 3.63) is 46.6 Å². The summed E-state index contributed by atoms with van der Waals surface area (Å²) in [4.78, 5) is 6.98. The number of hydrogen-bond acceptors (Lipinski definition) is 4. The molecule has 1 aliphatic rings. The van der Waals surface area contributed by atoms with Crippen molar-refractivity contribution in [2.24, 2.45) is 5.92 Å². The standard InChI is InChI=1S/C18H24ClN3O/c1-13(2)10-18-20-17(21-23-18)12-22-9-5-7-15(22)11-14-6-3-4-8-16(14)19/h3-4,6,8,13,15H,5,7,9-12H2,1-2H3. The third-order valence-electron chi connectivity index (χ3n) is 4.35. The second kappa shape index (κ2) is 7.45. The Morgan fingerprint density at radius 1 is 1.35 bits per heavy atom. The van der Waals surface area contributed by atoms with Crippen LogP contribution in [0.4, 0.5) is 0 Å². The fourth-order valence-corrected chi connectivity index (χ4v) is 3.43. The summed E-state index contributed by atoms with van der Waals surface area (Å²) in [5.74, 6) is 2.08. The minimum atomic E-state index is 0.502. The van der Waals surface area contributed by atoms with Crippen LogP contribution in [0, 0.1) is 5.92 Å². The Kier molecular flexibility index (Phi) is 5.34. The van der Waals surface area contributed by atoms with E-state index in [1.165, 1.54) is 18.4 Å². The molecule has 1 aliphatic heterocycles. The van der Waals surface area contributed by atoms with E-state index >= 15 is 0 Å². The van der Waals surface area contributed by atoms with Crippen molar-refractivity contribution in [1.29, 1.82) is 0 Å². The lowest BCUT2D eigenvalue weighted by Gasteiger charge is -2.23. The summed E-state index contributed by atoms with van der Waals surface area (Å²) in [6.07, 6.45) is 4.24. The number of rotatable bonds is 6. The number of nitrogens with zero attached hydrogens (tertiary/aromatic N) is 3. The van der Waals surface area contributed by atoms with Crippen molar-refractivity contribution in [1.82, 2.24) is 15.0 Å². The number of hydrogen-bond donors (Lipinski definition) is 0. The van der Waals surface area contributed by atoms with E-state index < -0.39 is 0 Å². The topological polar surface area (TPSA) is 42.2 Å². The molecular formula is C18H24ClN3O.